The molecule has 3 rings (SSSR count). The quantitative estimate of drug-likeness (QED) is 0.274. The van der Waals surface area contributed by atoms with Crippen molar-refractivity contribution in [2.24, 2.45) is 5.10 Å². The Kier molecular flexibility index (Phi) is 7.82. The highest BCUT2D eigenvalue weighted by molar-refractivity contribution is 7.92. The molecular weight excluding hydrogens is 472 g/mol. The first-order valence-corrected chi connectivity index (χ1v) is 11.9. The summed E-state index contributed by atoms with van der Waals surface area (Å²) in [5.74, 6) is -0.602. The summed E-state index contributed by atoms with van der Waals surface area (Å²) >= 11 is 0. The minimum Gasteiger partial charge on any atom is -0.490 e. The fourth-order valence-corrected chi connectivity index (χ4v) is 4.89. The van der Waals surface area contributed by atoms with Crippen LogP contribution in [0.3, 0.4) is 0 Å². The minimum atomic E-state index is -4.05. The summed E-state index contributed by atoms with van der Waals surface area (Å²) in [5, 5.41) is 15.0. The van der Waals surface area contributed by atoms with E-state index in [2.05, 4.69) is 10.5 Å². The zero-order valence-electron chi connectivity index (χ0n) is 19.3. The summed E-state index contributed by atoms with van der Waals surface area (Å²) < 4.78 is 32.8. The lowest BCUT2D eigenvalue weighted by atomic mass is 10.1. The van der Waals surface area contributed by atoms with Crippen LogP contribution < -0.4 is 14.5 Å². The predicted molar refractivity (Wildman–Crippen MR) is 132 cm³/mol. The molecule has 0 aliphatic carbocycles. The number of hydrazone groups is 1. The molecule has 0 heterocycles. The van der Waals surface area contributed by atoms with Gasteiger partial charge >= 0.3 is 5.69 Å². The number of rotatable bonds is 9. The lowest BCUT2D eigenvalue weighted by Gasteiger charge is -2.25. The molecule has 0 spiro atoms. The van der Waals surface area contributed by atoms with E-state index in [0.29, 0.717) is 16.8 Å². The number of hydrogen-bond acceptors (Lipinski definition) is 7. The molecule has 0 saturated heterocycles. The van der Waals surface area contributed by atoms with Gasteiger partial charge in [0.1, 0.15) is 6.54 Å². The van der Waals surface area contributed by atoms with Crippen LogP contribution in [0.25, 0.3) is 0 Å². The Labute approximate surface area is 203 Å². The molecule has 35 heavy (non-hydrogen) atoms. The number of carbonyl (C=O) groups is 1. The highest BCUT2D eigenvalue weighted by atomic mass is 32.2. The second-order valence-corrected chi connectivity index (χ2v) is 9.46. The lowest BCUT2D eigenvalue weighted by Crippen LogP contribution is -2.40. The van der Waals surface area contributed by atoms with Crippen LogP contribution in [0.5, 0.6) is 5.75 Å². The Bertz CT molecular complexity index is 1370. The van der Waals surface area contributed by atoms with Crippen molar-refractivity contribution >= 4 is 33.5 Å². The van der Waals surface area contributed by atoms with Gasteiger partial charge < -0.3 is 4.74 Å². The number of aryl methyl sites for hydroxylation is 2. The number of benzene rings is 3. The summed E-state index contributed by atoms with van der Waals surface area (Å²) in [5.41, 5.74) is 4.38. The third-order valence-corrected chi connectivity index (χ3v) is 6.82. The maximum atomic E-state index is 13.4. The molecule has 0 aliphatic heterocycles. The maximum absolute atomic E-state index is 13.4. The number of carbonyl (C=O) groups excluding carboxylic acids is 1. The van der Waals surface area contributed by atoms with Crippen LogP contribution in [0.1, 0.15) is 16.7 Å². The Hall–Kier alpha value is -4.25. The monoisotopic (exact) mass is 496 g/mol. The maximum Gasteiger partial charge on any atom is 0.311 e. The molecule has 10 nitrogen and oxygen atoms in total. The number of nitro groups is 1. The third kappa shape index (κ3) is 6.01. The summed E-state index contributed by atoms with van der Waals surface area (Å²) in [4.78, 5) is 23.3. The van der Waals surface area contributed by atoms with Gasteiger partial charge in [-0.15, -0.1) is 0 Å². The third-order valence-electron chi connectivity index (χ3n) is 5.04. The van der Waals surface area contributed by atoms with Crippen LogP contribution in [0.4, 0.5) is 11.4 Å². The Morgan fingerprint density at radius 1 is 1.11 bits per heavy atom. The largest absolute Gasteiger partial charge is 0.490 e. The van der Waals surface area contributed by atoms with Gasteiger partial charge in [-0.3, -0.25) is 19.2 Å². The molecule has 3 aromatic carbocycles. The van der Waals surface area contributed by atoms with Gasteiger partial charge in [-0.2, -0.15) is 5.10 Å². The first-order chi connectivity index (χ1) is 16.6. The fourth-order valence-electron chi connectivity index (χ4n) is 3.38. The molecule has 0 radical (unpaired) electrons. The SMILES string of the molecule is COc1ccc(/C=N\NC(=O)CN(c2ccc(C)cc2C)S(=O)(=O)c2ccccc2)cc1[N+](=O)[O-]. The predicted octanol–water partition coefficient (Wildman–Crippen LogP) is 3.57. The smallest absolute Gasteiger partial charge is 0.311 e. The summed E-state index contributed by atoms with van der Waals surface area (Å²) in [6, 6.07) is 17.3. The highest BCUT2D eigenvalue weighted by Crippen LogP contribution is 2.28. The number of nitrogens with one attached hydrogen (secondary N) is 1. The second kappa shape index (κ2) is 10.8. The Balaban J connectivity index is 1.85. The molecule has 3 aromatic rings. The number of hydrogen-bond donors (Lipinski definition) is 1. The summed E-state index contributed by atoms with van der Waals surface area (Å²) in [6.45, 7) is 3.13. The van der Waals surface area contributed by atoms with E-state index in [-0.39, 0.29) is 16.3 Å². The van der Waals surface area contributed by atoms with Crippen LogP contribution >= 0.6 is 0 Å². The second-order valence-electron chi connectivity index (χ2n) is 7.60. The number of nitrogens with zero attached hydrogens (tertiary/aromatic N) is 3. The molecule has 11 heteroatoms. The fraction of sp³-hybridized carbons (Fsp3) is 0.167. The van der Waals surface area contributed by atoms with Gasteiger partial charge in [-0.05, 0) is 49.7 Å². The normalized spacial score (nSPS) is 11.3. The Morgan fingerprint density at radius 3 is 2.46 bits per heavy atom. The Morgan fingerprint density at radius 2 is 1.83 bits per heavy atom. The van der Waals surface area contributed by atoms with Crippen molar-refractivity contribution in [3.8, 4) is 5.75 Å². The van der Waals surface area contributed by atoms with Crippen molar-refractivity contribution in [2.75, 3.05) is 18.0 Å². The number of sulfonamides is 1. The first kappa shape index (κ1) is 25.4. The first-order valence-electron chi connectivity index (χ1n) is 10.4. The molecule has 0 aromatic heterocycles. The topological polar surface area (TPSA) is 131 Å². The van der Waals surface area contributed by atoms with E-state index in [0.717, 1.165) is 9.87 Å². The van der Waals surface area contributed by atoms with E-state index in [9.17, 15) is 23.3 Å². The van der Waals surface area contributed by atoms with Gasteiger partial charge in [0.25, 0.3) is 15.9 Å². The molecule has 182 valence electrons. The van der Waals surface area contributed by atoms with Gasteiger partial charge in [0.2, 0.25) is 0 Å². The van der Waals surface area contributed by atoms with E-state index >= 15 is 0 Å². The van der Waals surface area contributed by atoms with Gasteiger partial charge in [0, 0.05) is 11.6 Å². The zero-order chi connectivity index (χ0) is 25.6. The van der Waals surface area contributed by atoms with E-state index in [1.807, 2.05) is 13.0 Å². The summed E-state index contributed by atoms with van der Waals surface area (Å²) in [6.07, 6.45) is 1.22. The average molecular weight is 497 g/mol. The van der Waals surface area contributed by atoms with E-state index in [1.54, 1.807) is 37.3 Å². The van der Waals surface area contributed by atoms with Crippen molar-refractivity contribution in [1.29, 1.82) is 0 Å². The van der Waals surface area contributed by atoms with Crippen LogP contribution in [-0.2, 0) is 14.8 Å². The van der Waals surface area contributed by atoms with Crippen LogP contribution in [0.2, 0.25) is 0 Å². The number of nitro benzene ring substituents is 1. The molecule has 0 fully saturated rings. The molecule has 1 N–H and O–H groups in total. The van der Waals surface area contributed by atoms with Crippen molar-refractivity contribution in [3.05, 3.63) is 93.5 Å². The van der Waals surface area contributed by atoms with Gasteiger partial charge in [-0.1, -0.05) is 35.9 Å². The number of methoxy groups -OCH3 is 1. The summed E-state index contributed by atoms with van der Waals surface area (Å²) in [7, 11) is -2.73. The lowest BCUT2D eigenvalue weighted by molar-refractivity contribution is -0.385. The van der Waals surface area contributed by atoms with E-state index in [1.165, 1.54) is 43.7 Å². The number of amides is 1. The number of ether oxygens (including phenoxy) is 1. The van der Waals surface area contributed by atoms with Crippen LogP contribution in [-0.4, -0.2) is 39.1 Å². The highest BCUT2D eigenvalue weighted by Gasteiger charge is 2.28. The van der Waals surface area contributed by atoms with Crippen molar-refractivity contribution in [1.82, 2.24) is 5.43 Å². The molecule has 1 amide bonds. The standard InChI is InChI=1S/C24H24N4O6S/c1-17-9-11-21(18(2)13-17)27(35(32,33)20-7-5-4-6-8-20)16-24(29)26-25-15-19-10-12-23(34-3)22(14-19)28(30)31/h4-15H,16H2,1-3H3,(H,26,29)/b25-15-. The van der Waals surface area contributed by atoms with Crippen molar-refractivity contribution < 1.29 is 22.9 Å². The molecule has 0 unspecified atom stereocenters. The van der Waals surface area contributed by atoms with E-state index in [4.69, 9.17) is 4.74 Å². The van der Waals surface area contributed by atoms with Gasteiger partial charge in [0.15, 0.2) is 5.75 Å². The molecule has 0 saturated carbocycles. The van der Waals surface area contributed by atoms with Crippen molar-refractivity contribution in [3.63, 3.8) is 0 Å². The molecular formula is C24H24N4O6S. The molecule has 0 aliphatic rings. The zero-order valence-corrected chi connectivity index (χ0v) is 20.2. The van der Waals surface area contributed by atoms with Crippen molar-refractivity contribution in [2.45, 2.75) is 18.7 Å². The average Bonchev–Trinajstić information content (AvgIpc) is 2.83. The van der Waals surface area contributed by atoms with E-state index < -0.39 is 27.4 Å². The number of anilines is 1. The van der Waals surface area contributed by atoms with Gasteiger partial charge in [-0.25, -0.2) is 13.8 Å². The van der Waals surface area contributed by atoms with Gasteiger partial charge in [0.05, 0.1) is 28.8 Å². The minimum absolute atomic E-state index is 0.0434. The van der Waals surface area contributed by atoms with Crippen LogP contribution in [0, 0.1) is 24.0 Å². The molecule has 0 bridgehead atoms. The van der Waals surface area contributed by atoms with Crippen LogP contribution in [0.15, 0.2) is 76.7 Å². The molecule has 0 atom stereocenters.